The number of anilines is 2. The molecule has 5 rings (SSSR count). The van der Waals surface area contributed by atoms with Gasteiger partial charge in [0.2, 0.25) is 0 Å². The first-order valence-corrected chi connectivity index (χ1v) is 12.2. The van der Waals surface area contributed by atoms with E-state index in [-0.39, 0.29) is 12.0 Å². The summed E-state index contributed by atoms with van der Waals surface area (Å²) in [4.78, 5) is 33.0. The first kappa shape index (κ1) is 23.7. The van der Waals surface area contributed by atoms with Gasteiger partial charge in [-0.25, -0.2) is 4.79 Å². The standard InChI is InChI=1S/C27H32N6O3/c1-17-14-18-15-19(6-8-22(18)28-17)29-25(34)20-7-9-23(21-16-31(5)30-24(20)21)32-10-12-33(13-11-32)26(35)36-27(2,3)4/h6-9,14-16,28H,10-13H2,1-5H3,(H,29,34). The predicted molar refractivity (Wildman–Crippen MR) is 142 cm³/mol. The van der Waals surface area contributed by atoms with E-state index in [1.54, 1.807) is 9.58 Å². The number of amides is 2. The summed E-state index contributed by atoms with van der Waals surface area (Å²) >= 11 is 0. The molecule has 0 radical (unpaired) electrons. The van der Waals surface area contributed by atoms with Gasteiger partial charge in [-0.3, -0.25) is 9.48 Å². The molecule has 188 valence electrons. The Morgan fingerprint density at radius 2 is 1.81 bits per heavy atom. The van der Waals surface area contributed by atoms with Gasteiger partial charge in [0.1, 0.15) is 11.1 Å². The topological polar surface area (TPSA) is 95.5 Å². The Labute approximate surface area is 210 Å². The molecule has 0 bridgehead atoms. The summed E-state index contributed by atoms with van der Waals surface area (Å²) in [6, 6.07) is 11.7. The van der Waals surface area contributed by atoms with Crippen LogP contribution in [0.25, 0.3) is 21.8 Å². The van der Waals surface area contributed by atoms with Crippen LogP contribution in [-0.2, 0) is 11.8 Å². The summed E-state index contributed by atoms with van der Waals surface area (Å²) < 4.78 is 7.25. The maximum absolute atomic E-state index is 13.3. The SMILES string of the molecule is Cc1cc2cc(NC(=O)c3ccc(N4CCN(C(=O)OC(C)(C)C)CC4)c4cn(C)nc34)ccc2[nH]1. The number of nitrogens with one attached hydrogen (secondary N) is 2. The molecule has 9 nitrogen and oxygen atoms in total. The van der Waals surface area contributed by atoms with Gasteiger partial charge in [-0.05, 0) is 64.1 Å². The summed E-state index contributed by atoms with van der Waals surface area (Å²) in [6.45, 7) is 10.1. The van der Waals surface area contributed by atoms with Gasteiger partial charge in [0, 0.05) is 72.8 Å². The van der Waals surface area contributed by atoms with Gasteiger partial charge < -0.3 is 24.8 Å². The zero-order chi connectivity index (χ0) is 25.6. The van der Waals surface area contributed by atoms with Crippen LogP contribution in [-0.4, -0.2) is 63.4 Å². The van der Waals surface area contributed by atoms with Crippen molar-refractivity contribution in [3.05, 3.63) is 53.9 Å². The monoisotopic (exact) mass is 488 g/mol. The van der Waals surface area contributed by atoms with Crippen molar-refractivity contribution in [3.63, 3.8) is 0 Å². The largest absolute Gasteiger partial charge is 0.444 e. The van der Waals surface area contributed by atoms with Gasteiger partial charge >= 0.3 is 6.09 Å². The summed E-state index contributed by atoms with van der Waals surface area (Å²) in [5.41, 5.74) is 4.51. The smallest absolute Gasteiger partial charge is 0.410 e. The van der Waals surface area contributed by atoms with Crippen LogP contribution in [0.15, 0.2) is 42.6 Å². The van der Waals surface area contributed by atoms with Crippen molar-refractivity contribution in [3.8, 4) is 0 Å². The third-order valence-corrected chi connectivity index (χ3v) is 6.30. The number of piperazine rings is 1. The van der Waals surface area contributed by atoms with Crippen molar-refractivity contribution in [1.82, 2.24) is 19.7 Å². The van der Waals surface area contributed by atoms with E-state index >= 15 is 0 Å². The molecule has 9 heteroatoms. The second-order valence-electron chi connectivity index (χ2n) is 10.4. The van der Waals surface area contributed by atoms with Crippen molar-refractivity contribution in [2.45, 2.75) is 33.3 Å². The van der Waals surface area contributed by atoms with Crippen molar-refractivity contribution < 1.29 is 14.3 Å². The number of hydrogen-bond acceptors (Lipinski definition) is 5. The minimum Gasteiger partial charge on any atom is -0.444 e. The molecule has 2 N–H and O–H groups in total. The van der Waals surface area contributed by atoms with Crippen LogP contribution in [0.3, 0.4) is 0 Å². The van der Waals surface area contributed by atoms with E-state index in [0.29, 0.717) is 37.3 Å². The van der Waals surface area contributed by atoms with Crippen LogP contribution in [0.1, 0.15) is 36.8 Å². The Balaban J connectivity index is 1.35. The molecule has 2 amide bonds. The number of H-pyrrole nitrogens is 1. The first-order chi connectivity index (χ1) is 17.1. The number of fused-ring (bicyclic) bond motifs is 2. The Morgan fingerprint density at radius 1 is 1.06 bits per heavy atom. The number of ether oxygens (including phenoxy) is 1. The highest BCUT2D eigenvalue weighted by Gasteiger charge is 2.27. The number of aryl methyl sites for hydroxylation is 2. The average Bonchev–Trinajstić information content (AvgIpc) is 3.38. The fourth-order valence-electron chi connectivity index (χ4n) is 4.68. The number of aromatic amines is 1. The van der Waals surface area contributed by atoms with E-state index in [2.05, 4.69) is 26.4 Å². The molecule has 0 saturated carbocycles. The highest BCUT2D eigenvalue weighted by atomic mass is 16.6. The van der Waals surface area contributed by atoms with Crippen molar-refractivity contribution in [2.75, 3.05) is 36.4 Å². The molecule has 4 aromatic rings. The minimum absolute atomic E-state index is 0.202. The van der Waals surface area contributed by atoms with E-state index in [1.165, 1.54) is 0 Å². The van der Waals surface area contributed by atoms with Crippen LogP contribution < -0.4 is 10.2 Å². The molecule has 0 aliphatic carbocycles. The van der Waals surface area contributed by atoms with E-state index < -0.39 is 5.60 Å². The minimum atomic E-state index is -0.515. The van der Waals surface area contributed by atoms with Crippen LogP contribution in [0.5, 0.6) is 0 Å². The number of carbonyl (C=O) groups is 2. The Hall–Kier alpha value is -4.01. The zero-order valence-corrected chi connectivity index (χ0v) is 21.4. The highest BCUT2D eigenvalue weighted by Crippen LogP contribution is 2.30. The molecule has 36 heavy (non-hydrogen) atoms. The summed E-state index contributed by atoms with van der Waals surface area (Å²) in [5, 5.41) is 9.59. The van der Waals surface area contributed by atoms with Gasteiger partial charge in [0.15, 0.2) is 0 Å². The maximum atomic E-state index is 13.3. The normalized spacial score (nSPS) is 14.5. The first-order valence-electron chi connectivity index (χ1n) is 12.2. The molecule has 0 atom stereocenters. The number of carbonyl (C=O) groups excluding carboxylic acids is 2. The molecule has 1 aliphatic rings. The molecule has 1 saturated heterocycles. The predicted octanol–water partition coefficient (Wildman–Crippen LogP) is 4.67. The summed E-state index contributed by atoms with van der Waals surface area (Å²) in [7, 11) is 1.86. The number of rotatable bonds is 3. The van der Waals surface area contributed by atoms with Gasteiger partial charge in [-0.2, -0.15) is 5.10 Å². The van der Waals surface area contributed by atoms with Crippen LogP contribution in [0.4, 0.5) is 16.2 Å². The van der Waals surface area contributed by atoms with Crippen LogP contribution >= 0.6 is 0 Å². The van der Waals surface area contributed by atoms with Gasteiger partial charge in [0.05, 0.1) is 5.56 Å². The molecule has 2 aromatic carbocycles. The molecule has 1 fully saturated rings. The molecule has 0 spiro atoms. The molecular weight excluding hydrogens is 456 g/mol. The molecular formula is C27H32N6O3. The zero-order valence-electron chi connectivity index (χ0n) is 21.4. The molecule has 0 unspecified atom stereocenters. The Morgan fingerprint density at radius 3 is 2.53 bits per heavy atom. The number of aromatic nitrogens is 3. The fourth-order valence-corrected chi connectivity index (χ4v) is 4.68. The lowest BCUT2D eigenvalue weighted by atomic mass is 10.1. The van der Waals surface area contributed by atoms with E-state index in [0.717, 1.165) is 33.4 Å². The molecule has 3 heterocycles. The lowest BCUT2D eigenvalue weighted by Crippen LogP contribution is -2.50. The Bertz CT molecular complexity index is 1450. The van der Waals surface area contributed by atoms with Crippen LogP contribution in [0, 0.1) is 6.92 Å². The average molecular weight is 489 g/mol. The van der Waals surface area contributed by atoms with Crippen LogP contribution in [0.2, 0.25) is 0 Å². The molecule has 2 aromatic heterocycles. The lowest BCUT2D eigenvalue weighted by molar-refractivity contribution is 0.0240. The lowest BCUT2D eigenvalue weighted by Gasteiger charge is -2.37. The van der Waals surface area contributed by atoms with Crippen molar-refractivity contribution >= 4 is 45.2 Å². The van der Waals surface area contributed by atoms with Crippen molar-refractivity contribution in [1.29, 1.82) is 0 Å². The second-order valence-corrected chi connectivity index (χ2v) is 10.4. The number of nitrogens with zero attached hydrogens (tertiary/aromatic N) is 4. The van der Waals surface area contributed by atoms with Gasteiger partial charge in [-0.1, -0.05) is 0 Å². The van der Waals surface area contributed by atoms with E-state index in [9.17, 15) is 9.59 Å². The van der Waals surface area contributed by atoms with Crippen molar-refractivity contribution in [2.24, 2.45) is 7.05 Å². The number of benzene rings is 2. The summed E-state index contributed by atoms with van der Waals surface area (Å²) in [6.07, 6.45) is 1.66. The van der Waals surface area contributed by atoms with Gasteiger partial charge in [-0.15, -0.1) is 0 Å². The highest BCUT2D eigenvalue weighted by molar-refractivity contribution is 6.14. The van der Waals surface area contributed by atoms with E-state index in [4.69, 9.17) is 4.74 Å². The second kappa shape index (κ2) is 8.89. The number of hydrogen-bond donors (Lipinski definition) is 2. The quantitative estimate of drug-likeness (QED) is 0.437. The third-order valence-electron chi connectivity index (χ3n) is 6.30. The fraction of sp³-hybridized carbons (Fsp3) is 0.370. The summed E-state index contributed by atoms with van der Waals surface area (Å²) in [5.74, 6) is -0.202. The maximum Gasteiger partial charge on any atom is 0.410 e. The van der Waals surface area contributed by atoms with E-state index in [1.807, 2.05) is 71.3 Å². The van der Waals surface area contributed by atoms with Gasteiger partial charge in [0.25, 0.3) is 5.91 Å². The molecule has 1 aliphatic heterocycles. The Kier molecular flexibility index (Phi) is 5.86. The third kappa shape index (κ3) is 4.73.